The Bertz CT molecular complexity index is 409. The van der Waals surface area contributed by atoms with Crippen LogP contribution >= 0.6 is 0 Å². The molecule has 3 nitrogen and oxygen atoms in total. The lowest BCUT2D eigenvalue weighted by molar-refractivity contribution is 0.0819. The molecule has 0 N–H and O–H groups in total. The number of rotatable bonds is 4. The van der Waals surface area contributed by atoms with Crippen molar-refractivity contribution in [1.82, 2.24) is 0 Å². The number of carbonyl (C=O) groups excluding carboxylic acids is 1. The van der Waals surface area contributed by atoms with E-state index in [0.29, 0.717) is 12.5 Å². The Morgan fingerprint density at radius 3 is 2.72 bits per heavy atom. The minimum Gasteiger partial charge on any atom is -0.381 e. The third-order valence-corrected chi connectivity index (χ3v) is 3.63. The van der Waals surface area contributed by atoms with Crippen LogP contribution in [0.3, 0.4) is 0 Å². The molecule has 1 aliphatic heterocycles. The second kappa shape index (κ2) is 6.01. The lowest BCUT2D eigenvalue weighted by atomic mass is 10.0. The summed E-state index contributed by atoms with van der Waals surface area (Å²) in [6.45, 7) is 3.91. The SMILES string of the molecule is CCC(=O)c1cccc(N2CCC(OC)CC2)c1. The number of hydrogen-bond acceptors (Lipinski definition) is 3. The molecular weight excluding hydrogens is 226 g/mol. The monoisotopic (exact) mass is 247 g/mol. The highest BCUT2D eigenvalue weighted by molar-refractivity contribution is 5.96. The van der Waals surface area contributed by atoms with Gasteiger partial charge in [-0.25, -0.2) is 0 Å². The van der Waals surface area contributed by atoms with Gasteiger partial charge in [-0.05, 0) is 25.0 Å². The quantitative estimate of drug-likeness (QED) is 0.766. The Morgan fingerprint density at radius 2 is 2.11 bits per heavy atom. The van der Waals surface area contributed by atoms with Gasteiger partial charge in [0, 0.05) is 37.9 Å². The first kappa shape index (κ1) is 13.1. The third kappa shape index (κ3) is 2.91. The maximum absolute atomic E-state index is 11.7. The Hall–Kier alpha value is -1.35. The smallest absolute Gasteiger partial charge is 0.162 e. The highest BCUT2D eigenvalue weighted by Crippen LogP contribution is 2.22. The van der Waals surface area contributed by atoms with Crippen molar-refractivity contribution in [1.29, 1.82) is 0 Å². The summed E-state index contributed by atoms with van der Waals surface area (Å²) in [6.07, 6.45) is 3.07. The molecule has 0 amide bonds. The van der Waals surface area contributed by atoms with Crippen molar-refractivity contribution in [2.75, 3.05) is 25.1 Å². The molecule has 1 aromatic rings. The summed E-state index contributed by atoms with van der Waals surface area (Å²) in [5.74, 6) is 0.212. The zero-order valence-corrected chi connectivity index (χ0v) is 11.2. The van der Waals surface area contributed by atoms with Crippen molar-refractivity contribution in [3.8, 4) is 0 Å². The Labute approximate surface area is 109 Å². The van der Waals surface area contributed by atoms with E-state index < -0.39 is 0 Å². The zero-order valence-electron chi connectivity index (χ0n) is 11.2. The number of nitrogens with zero attached hydrogens (tertiary/aromatic N) is 1. The average Bonchev–Trinajstić information content (AvgIpc) is 2.46. The van der Waals surface area contributed by atoms with Crippen LogP contribution in [0, 0.1) is 0 Å². The first-order valence-electron chi connectivity index (χ1n) is 6.65. The lowest BCUT2D eigenvalue weighted by Gasteiger charge is -2.33. The molecule has 1 aromatic carbocycles. The molecule has 0 aliphatic carbocycles. The van der Waals surface area contributed by atoms with Gasteiger partial charge in [0.05, 0.1) is 6.10 Å². The summed E-state index contributed by atoms with van der Waals surface area (Å²) in [5, 5.41) is 0. The first-order valence-corrected chi connectivity index (χ1v) is 6.65. The molecule has 1 saturated heterocycles. The molecule has 0 unspecified atom stereocenters. The zero-order chi connectivity index (χ0) is 13.0. The van der Waals surface area contributed by atoms with E-state index in [-0.39, 0.29) is 5.78 Å². The number of benzene rings is 1. The molecule has 1 aliphatic rings. The van der Waals surface area contributed by atoms with E-state index in [1.165, 1.54) is 0 Å². The molecule has 0 aromatic heterocycles. The highest BCUT2D eigenvalue weighted by atomic mass is 16.5. The van der Waals surface area contributed by atoms with Crippen molar-refractivity contribution < 1.29 is 9.53 Å². The number of ether oxygens (including phenoxy) is 1. The number of anilines is 1. The molecule has 0 spiro atoms. The maximum Gasteiger partial charge on any atom is 0.162 e. The minimum absolute atomic E-state index is 0.212. The van der Waals surface area contributed by atoms with Gasteiger partial charge in [-0.3, -0.25) is 4.79 Å². The topological polar surface area (TPSA) is 29.5 Å². The molecule has 0 radical (unpaired) electrons. The van der Waals surface area contributed by atoms with Crippen LogP contribution in [0.2, 0.25) is 0 Å². The molecule has 2 rings (SSSR count). The number of methoxy groups -OCH3 is 1. The average molecular weight is 247 g/mol. The predicted molar refractivity (Wildman–Crippen MR) is 73.3 cm³/mol. The summed E-state index contributed by atoms with van der Waals surface area (Å²) >= 11 is 0. The van der Waals surface area contributed by atoms with Gasteiger partial charge in [0.2, 0.25) is 0 Å². The normalized spacial score (nSPS) is 16.9. The number of ketones is 1. The van der Waals surface area contributed by atoms with E-state index in [1.807, 2.05) is 25.1 Å². The van der Waals surface area contributed by atoms with Crippen LogP contribution in [0.5, 0.6) is 0 Å². The summed E-state index contributed by atoms with van der Waals surface area (Å²) in [7, 11) is 1.78. The van der Waals surface area contributed by atoms with Crippen molar-refractivity contribution in [3.05, 3.63) is 29.8 Å². The van der Waals surface area contributed by atoms with Crippen molar-refractivity contribution in [3.63, 3.8) is 0 Å². The van der Waals surface area contributed by atoms with Gasteiger partial charge in [-0.1, -0.05) is 19.1 Å². The van der Waals surface area contributed by atoms with E-state index in [0.717, 1.165) is 37.2 Å². The van der Waals surface area contributed by atoms with E-state index >= 15 is 0 Å². The molecule has 18 heavy (non-hydrogen) atoms. The van der Waals surface area contributed by atoms with E-state index in [9.17, 15) is 4.79 Å². The molecule has 1 heterocycles. The van der Waals surface area contributed by atoms with Crippen LogP contribution in [-0.4, -0.2) is 32.1 Å². The van der Waals surface area contributed by atoms with Crippen LogP contribution in [0.1, 0.15) is 36.5 Å². The van der Waals surface area contributed by atoms with E-state index in [2.05, 4.69) is 11.0 Å². The van der Waals surface area contributed by atoms with Gasteiger partial charge in [-0.15, -0.1) is 0 Å². The lowest BCUT2D eigenvalue weighted by Crippen LogP contribution is -2.36. The van der Waals surface area contributed by atoms with E-state index in [4.69, 9.17) is 4.74 Å². The second-order valence-electron chi connectivity index (χ2n) is 4.75. The van der Waals surface area contributed by atoms with Gasteiger partial charge >= 0.3 is 0 Å². The summed E-state index contributed by atoms with van der Waals surface area (Å²) in [5.41, 5.74) is 1.98. The van der Waals surface area contributed by atoms with Gasteiger partial charge in [0.15, 0.2) is 5.78 Å². The molecule has 0 saturated carbocycles. The number of hydrogen-bond donors (Lipinski definition) is 0. The van der Waals surface area contributed by atoms with Gasteiger partial charge in [0.1, 0.15) is 0 Å². The fourth-order valence-electron chi connectivity index (χ4n) is 2.43. The van der Waals surface area contributed by atoms with Crippen molar-refractivity contribution >= 4 is 11.5 Å². The van der Waals surface area contributed by atoms with Crippen molar-refractivity contribution in [2.45, 2.75) is 32.3 Å². The maximum atomic E-state index is 11.7. The number of carbonyl (C=O) groups is 1. The van der Waals surface area contributed by atoms with Gasteiger partial charge < -0.3 is 9.64 Å². The second-order valence-corrected chi connectivity index (χ2v) is 4.75. The molecule has 0 atom stereocenters. The molecule has 3 heteroatoms. The van der Waals surface area contributed by atoms with Crippen LogP contribution in [-0.2, 0) is 4.74 Å². The molecule has 98 valence electrons. The number of Topliss-reactive ketones (excluding diaryl/α,β-unsaturated/α-hetero) is 1. The van der Waals surface area contributed by atoms with Crippen molar-refractivity contribution in [2.24, 2.45) is 0 Å². The highest BCUT2D eigenvalue weighted by Gasteiger charge is 2.19. The Kier molecular flexibility index (Phi) is 4.37. The minimum atomic E-state index is 0.212. The Morgan fingerprint density at radius 1 is 1.39 bits per heavy atom. The summed E-state index contributed by atoms with van der Waals surface area (Å²) in [4.78, 5) is 14.0. The fraction of sp³-hybridized carbons (Fsp3) is 0.533. The molecule has 0 bridgehead atoms. The largest absolute Gasteiger partial charge is 0.381 e. The Balaban J connectivity index is 2.07. The van der Waals surface area contributed by atoms with Crippen LogP contribution in [0.4, 0.5) is 5.69 Å². The van der Waals surface area contributed by atoms with Crippen LogP contribution in [0.15, 0.2) is 24.3 Å². The van der Waals surface area contributed by atoms with Crippen LogP contribution in [0.25, 0.3) is 0 Å². The first-order chi connectivity index (χ1) is 8.74. The molecule has 1 fully saturated rings. The fourth-order valence-corrected chi connectivity index (χ4v) is 2.43. The standard InChI is InChI=1S/C15H21NO2/c1-3-15(17)12-5-4-6-13(11-12)16-9-7-14(18-2)8-10-16/h4-6,11,14H,3,7-10H2,1-2H3. The van der Waals surface area contributed by atoms with Gasteiger partial charge in [-0.2, -0.15) is 0 Å². The summed E-state index contributed by atoms with van der Waals surface area (Å²) < 4.78 is 5.37. The predicted octanol–water partition coefficient (Wildman–Crippen LogP) is 2.89. The number of piperidine rings is 1. The van der Waals surface area contributed by atoms with Gasteiger partial charge in [0.25, 0.3) is 0 Å². The third-order valence-electron chi connectivity index (χ3n) is 3.63. The van der Waals surface area contributed by atoms with Crippen LogP contribution < -0.4 is 4.90 Å². The van der Waals surface area contributed by atoms with E-state index in [1.54, 1.807) is 7.11 Å². The summed E-state index contributed by atoms with van der Waals surface area (Å²) in [6, 6.07) is 7.97. The molecular formula is C15H21NO2.